The summed E-state index contributed by atoms with van der Waals surface area (Å²) in [5.41, 5.74) is 0. The van der Waals surface area contributed by atoms with Crippen molar-refractivity contribution >= 4 is 5.91 Å². The number of nitrogens with zero attached hydrogens (tertiary/aromatic N) is 5. The molecule has 1 aromatic heterocycles. The highest BCUT2D eigenvalue weighted by molar-refractivity contribution is 5.76. The van der Waals surface area contributed by atoms with E-state index >= 15 is 0 Å². The zero-order valence-corrected chi connectivity index (χ0v) is 16.5. The van der Waals surface area contributed by atoms with Crippen molar-refractivity contribution in [2.45, 2.75) is 52.0 Å². The summed E-state index contributed by atoms with van der Waals surface area (Å²) in [5.74, 6) is 3.39. The molecule has 2 aliphatic rings. The van der Waals surface area contributed by atoms with Crippen molar-refractivity contribution in [3.63, 3.8) is 0 Å². The first-order valence-corrected chi connectivity index (χ1v) is 10.0. The van der Waals surface area contributed by atoms with Gasteiger partial charge in [-0.3, -0.25) is 9.69 Å². The monoisotopic (exact) mass is 363 g/mol. The average molecular weight is 364 g/mol. The average Bonchev–Trinajstić information content (AvgIpc) is 3.01. The Morgan fingerprint density at radius 1 is 1.15 bits per heavy atom. The van der Waals surface area contributed by atoms with Crippen molar-refractivity contribution in [3.8, 4) is 0 Å². The molecule has 7 heteroatoms. The first-order chi connectivity index (χ1) is 12.5. The molecule has 3 heterocycles. The summed E-state index contributed by atoms with van der Waals surface area (Å²) in [6, 6.07) is 0. The van der Waals surface area contributed by atoms with Crippen LogP contribution in [0.4, 0.5) is 0 Å². The van der Waals surface area contributed by atoms with E-state index in [-0.39, 0.29) is 0 Å². The fourth-order valence-corrected chi connectivity index (χ4v) is 3.79. The number of likely N-dealkylation sites (tertiary alicyclic amines) is 1. The summed E-state index contributed by atoms with van der Waals surface area (Å²) in [6.45, 7) is 10.4. The van der Waals surface area contributed by atoms with E-state index in [0.29, 0.717) is 24.2 Å². The normalized spacial score (nSPS) is 20.1. The molecular formula is C19H33N5O2. The van der Waals surface area contributed by atoms with Crippen LogP contribution in [-0.4, -0.2) is 69.9 Å². The van der Waals surface area contributed by atoms with E-state index in [1.807, 2.05) is 4.90 Å². The van der Waals surface area contributed by atoms with E-state index in [1.54, 1.807) is 0 Å². The molecule has 0 bridgehead atoms. The van der Waals surface area contributed by atoms with Crippen molar-refractivity contribution in [2.24, 2.45) is 13.0 Å². The number of amides is 1. The highest BCUT2D eigenvalue weighted by Gasteiger charge is 2.27. The number of piperidine rings is 1. The number of rotatable bonds is 6. The maximum Gasteiger partial charge on any atom is 0.222 e. The third-order valence-electron chi connectivity index (χ3n) is 5.62. The molecule has 0 radical (unpaired) electrons. The van der Waals surface area contributed by atoms with Crippen molar-refractivity contribution in [3.05, 3.63) is 11.6 Å². The van der Waals surface area contributed by atoms with Gasteiger partial charge in [0.2, 0.25) is 5.91 Å². The van der Waals surface area contributed by atoms with E-state index in [9.17, 15) is 4.79 Å². The molecule has 1 amide bonds. The maximum absolute atomic E-state index is 12.3. The number of carbonyl (C=O) groups is 1. The molecule has 2 fully saturated rings. The lowest BCUT2D eigenvalue weighted by atomic mass is 9.95. The Labute approximate surface area is 156 Å². The highest BCUT2D eigenvalue weighted by Crippen LogP contribution is 2.27. The molecular weight excluding hydrogens is 330 g/mol. The van der Waals surface area contributed by atoms with Crippen LogP contribution in [0.25, 0.3) is 0 Å². The van der Waals surface area contributed by atoms with Crippen molar-refractivity contribution in [1.82, 2.24) is 24.6 Å². The molecule has 0 unspecified atom stereocenters. The molecule has 2 aliphatic heterocycles. The minimum Gasteiger partial charge on any atom is -0.379 e. The van der Waals surface area contributed by atoms with Crippen LogP contribution in [0.1, 0.15) is 57.1 Å². The van der Waals surface area contributed by atoms with Crippen molar-refractivity contribution in [2.75, 3.05) is 39.4 Å². The maximum atomic E-state index is 12.3. The summed E-state index contributed by atoms with van der Waals surface area (Å²) >= 11 is 0. The lowest BCUT2D eigenvalue weighted by Crippen LogP contribution is -2.38. The molecule has 1 aromatic rings. The van der Waals surface area contributed by atoms with E-state index in [1.165, 1.54) is 0 Å². The topological polar surface area (TPSA) is 63.5 Å². The first kappa shape index (κ1) is 19.3. The molecule has 0 aromatic carbocycles. The molecule has 3 rings (SSSR count). The van der Waals surface area contributed by atoms with Crippen LogP contribution in [0.15, 0.2) is 0 Å². The van der Waals surface area contributed by atoms with Crippen LogP contribution in [-0.2, 0) is 23.1 Å². The second kappa shape index (κ2) is 8.95. The summed E-state index contributed by atoms with van der Waals surface area (Å²) in [5, 5.41) is 8.92. The second-order valence-corrected chi connectivity index (χ2v) is 8.01. The minimum atomic E-state index is 0.308. The highest BCUT2D eigenvalue weighted by atomic mass is 16.5. The van der Waals surface area contributed by atoms with Crippen LogP contribution in [0.5, 0.6) is 0 Å². The van der Waals surface area contributed by atoms with Gasteiger partial charge in [-0.15, -0.1) is 10.2 Å². The van der Waals surface area contributed by atoms with Gasteiger partial charge in [-0.25, -0.2) is 0 Å². The molecule has 2 saturated heterocycles. The van der Waals surface area contributed by atoms with E-state index in [0.717, 1.165) is 76.8 Å². The Morgan fingerprint density at radius 2 is 1.85 bits per heavy atom. The van der Waals surface area contributed by atoms with E-state index in [2.05, 4.69) is 40.6 Å². The van der Waals surface area contributed by atoms with Crippen LogP contribution in [0.2, 0.25) is 0 Å². The molecule has 7 nitrogen and oxygen atoms in total. The largest absolute Gasteiger partial charge is 0.379 e. The fourth-order valence-electron chi connectivity index (χ4n) is 3.79. The van der Waals surface area contributed by atoms with Crippen molar-refractivity contribution in [1.29, 1.82) is 0 Å². The zero-order chi connectivity index (χ0) is 18.5. The number of ether oxygens (including phenoxy) is 1. The van der Waals surface area contributed by atoms with E-state index < -0.39 is 0 Å². The van der Waals surface area contributed by atoms with Gasteiger partial charge in [0, 0.05) is 45.6 Å². The van der Waals surface area contributed by atoms with Gasteiger partial charge in [-0.1, -0.05) is 13.8 Å². The zero-order valence-electron chi connectivity index (χ0n) is 16.5. The molecule has 0 atom stereocenters. The Bertz CT molecular complexity index is 587. The molecule has 0 aliphatic carbocycles. The van der Waals surface area contributed by atoms with Gasteiger partial charge in [0.25, 0.3) is 0 Å². The summed E-state index contributed by atoms with van der Waals surface area (Å²) in [6.07, 6.45) is 3.62. The minimum absolute atomic E-state index is 0.308. The van der Waals surface area contributed by atoms with Gasteiger partial charge in [-0.05, 0) is 25.2 Å². The molecule has 0 spiro atoms. The number of morpholine rings is 1. The number of carbonyl (C=O) groups excluding carboxylic acids is 1. The van der Waals surface area contributed by atoms with Gasteiger partial charge in [0.1, 0.15) is 11.6 Å². The number of hydrogen-bond acceptors (Lipinski definition) is 5. The molecule has 146 valence electrons. The standard InChI is InChI=1S/C19H33N5O2/c1-15(2)4-5-18(25)24-8-6-16(7-9-24)19-21-20-17(22(19)3)14-23-10-12-26-13-11-23/h15-16H,4-14H2,1-3H3. The molecule has 0 saturated carbocycles. The Kier molecular flexibility index (Phi) is 6.64. The Hall–Kier alpha value is -1.47. The van der Waals surface area contributed by atoms with Gasteiger partial charge in [0.05, 0.1) is 19.8 Å². The van der Waals surface area contributed by atoms with Crippen LogP contribution < -0.4 is 0 Å². The quantitative estimate of drug-likeness (QED) is 0.771. The second-order valence-electron chi connectivity index (χ2n) is 8.01. The van der Waals surface area contributed by atoms with E-state index in [4.69, 9.17) is 4.74 Å². The fraction of sp³-hybridized carbons (Fsp3) is 0.842. The lowest BCUT2D eigenvalue weighted by molar-refractivity contribution is -0.132. The van der Waals surface area contributed by atoms with Gasteiger partial charge >= 0.3 is 0 Å². The number of hydrogen-bond donors (Lipinski definition) is 0. The predicted octanol–water partition coefficient (Wildman–Crippen LogP) is 1.79. The Balaban J connectivity index is 1.52. The Morgan fingerprint density at radius 3 is 2.50 bits per heavy atom. The SMILES string of the molecule is CC(C)CCC(=O)N1CCC(c2nnc(CN3CCOCC3)n2C)CC1. The van der Waals surface area contributed by atoms with Crippen molar-refractivity contribution < 1.29 is 9.53 Å². The van der Waals surface area contributed by atoms with Gasteiger partial charge in [-0.2, -0.15) is 0 Å². The van der Waals surface area contributed by atoms with Crippen LogP contribution >= 0.6 is 0 Å². The summed E-state index contributed by atoms with van der Waals surface area (Å²) in [4.78, 5) is 16.7. The molecule has 0 N–H and O–H groups in total. The van der Waals surface area contributed by atoms with Gasteiger partial charge in [0.15, 0.2) is 0 Å². The summed E-state index contributed by atoms with van der Waals surface area (Å²) in [7, 11) is 2.07. The van der Waals surface area contributed by atoms with Crippen LogP contribution in [0.3, 0.4) is 0 Å². The van der Waals surface area contributed by atoms with Gasteiger partial charge < -0.3 is 14.2 Å². The van der Waals surface area contributed by atoms with Crippen LogP contribution in [0, 0.1) is 5.92 Å². The predicted molar refractivity (Wildman–Crippen MR) is 99.7 cm³/mol. The third-order valence-corrected chi connectivity index (χ3v) is 5.62. The number of aromatic nitrogens is 3. The third kappa shape index (κ3) is 4.82. The first-order valence-electron chi connectivity index (χ1n) is 10.0. The smallest absolute Gasteiger partial charge is 0.222 e. The molecule has 26 heavy (non-hydrogen) atoms. The summed E-state index contributed by atoms with van der Waals surface area (Å²) < 4.78 is 7.57. The lowest BCUT2D eigenvalue weighted by Gasteiger charge is -2.32.